The summed E-state index contributed by atoms with van der Waals surface area (Å²) in [6.07, 6.45) is 0.438. The number of hydrogen-bond acceptors (Lipinski definition) is 9. The fourth-order valence-electron chi connectivity index (χ4n) is 5.63. The first-order valence-electron chi connectivity index (χ1n) is 12.4. The standard InChI is InChI=1S/C27H31N3O8S/c1-12(2)39(37,38)29-7-5-6-13-10-17(30(3)4)16-9-14-8-15-11-18(31)22(27(28)36)26(35)20(15)24(33)19(14)25(34)21(16)23(13)32/h10,12,14-15,20,29,32,34-35H,7-9,11H2,1-4H3,(H2,28,36). The summed E-state index contributed by atoms with van der Waals surface area (Å²) in [5, 5.41) is 32.5. The van der Waals surface area contributed by atoms with Crippen molar-refractivity contribution in [2.24, 2.45) is 23.5 Å². The zero-order valence-corrected chi connectivity index (χ0v) is 22.8. The van der Waals surface area contributed by atoms with Crippen molar-refractivity contribution in [1.82, 2.24) is 4.72 Å². The number of primary amides is 1. The lowest BCUT2D eigenvalue weighted by molar-refractivity contribution is -0.127. The molecule has 1 amide bonds. The van der Waals surface area contributed by atoms with E-state index < -0.39 is 67.6 Å². The maximum atomic E-state index is 13.6. The van der Waals surface area contributed by atoms with Crippen LogP contribution in [0.25, 0.3) is 5.76 Å². The first-order chi connectivity index (χ1) is 18.2. The molecule has 1 fully saturated rings. The number of fused-ring (bicyclic) bond motifs is 3. The van der Waals surface area contributed by atoms with E-state index >= 15 is 0 Å². The zero-order valence-electron chi connectivity index (χ0n) is 22.0. The fourth-order valence-corrected chi connectivity index (χ4v) is 6.23. The summed E-state index contributed by atoms with van der Waals surface area (Å²) in [4.78, 5) is 39.6. The van der Waals surface area contributed by atoms with Crippen molar-refractivity contribution in [3.05, 3.63) is 39.7 Å². The smallest absolute Gasteiger partial charge is 0.255 e. The number of phenolic OH excluding ortho intramolecular Hbond substituents is 1. The molecular formula is C27H31N3O8S. The van der Waals surface area contributed by atoms with Crippen molar-refractivity contribution in [3.63, 3.8) is 0 Å². The monoisotopic (exact) mass is 557 g/mol. The van der Waals surface area contributed by atoms with E-state index in [1.807, 2.05) is 0 Å². The van der Waals surface area contributed by atoms with Gasteiger partial charge in [0.25, 0.3) is 5.91 Å². The summed E-state index contributed by atoms with van der Waals surface area (Å²) in [7, 11) is 0.00520. The summed E-state index contributed by atoms with van der Waals surface area (Å²) >= 11 is 0. The van der Waals surface area contributed by atoms with Crippen molar-refractivity contribution in [1.29, 1.82) is 0 Å². The molecule has 39 heavy (non-hydrogen) atoms. The molecule has 3 atom stereocenters. The summed E-state index contributed by atoms with van der Waals surface area (Å²) in [5.74, 6) is -0.716. The lowest BCUT2D eigenvalue weighted by Crippen LogP contribution is -2.44. The molecule has 1 aromatic rings. The molecule has 0 radical (unpaired) electrons. The normalized spacial score (nSPS) is 22.6. The SMILES string of the molecule is CC(C)S(=O)(=O)NCC#Cc1cc(N(C)C)c2c(c1O)C(O)=C1C(=O)C3C(O)=C(C(N)=O)C(=O)CC3CC1C2. The molecule has 3 aliphatic carbocycles. The maximum Gasteiger partial charge on any atom is 0.255 e. The number of ketones is 2. The second-order valence-electron chi connectivity index (χ2n) is 10.5. The van der Waals surface area contributed by atoms with Gasteiger partial charge in [-0.25, -0.2) is 13.1 Å². The van der Waals surface area contributed by atoms with Crippen LogP contribution >= 0.6 is 0 Å². The Balaban J connectivity index is 1.81. The van der Waals surface area contributed by atoms with E-state index in [-0.39, 0.29) is 41.8 Å². The molecule has 6 N–H and O–H groups in total. The molecule has 208 valence electrons. The van der Waals surface area contributed by atoms with Gasteiger partial charge in [0.1, 0.15) is 22.8 Å². The molecule has 0 aromatic heterocycles. The van der Waals surface area contributed by atoms with Crippen molar-refractivity contribution in [3.8, 4) is 17.6 Å². The van der Waals surface area contributed by atoms with Crippen LogP contribution in [0.3, 0.4) is 0 Å². The molecule has 1 saturated carbocycles. The summed E-state index contributed by atoms with van der Waals surface area (Å²) < 4.78 is 26.3. The number of sulfonamides is 1. The average molecular weight is 558 g/mol. The molecule has 3 unspecified atom stereocenters. The summed E-state index contributed by atoms with van der Waals surface area (Å²) in [6.45, 7) is 2.86. The second kappa shape index (κ2) is 10.1. The van der Waals surface area contributed by atoms with Crippen LogP contribution < -0.4 is 15.4 Å². The topological polar surface area (TPSA) is 187 Å². The van der Waals surface area contributed by atoms with E-state index in [1.165, 1.54) is 13.8 Å². The van der Waals surface area contributed by atoms with Gasteiger partial charge in [-0.2, -0.15) is 0 Å². The number of hydrogen-bond donors (Lipinski definition) is 5. The largest absolute Gasteiger partial charge is 0.511 e. The van der Waals surface area contributed by atoms with E-state index in [1.54, 1.807) is 25.1 Å². The van der Waals surface area contributed by atoms with Crippen LogP contribution in [0.1, 0.15) is 43.4 Å². The second-order valence-corrected chi connectivity index (χ2v) is 12.8. The van der Waals surface area contributed by atoms with E-state index in [2.05, 4.69) is 16.6 Å². The number of aliphatic hydroxyl groups excluding tert-OH is 2. The fraction of sp³-hybridized carbons (Fsp3) is 0.444. The number of aliphatic hydroxyl groups is 2. The molecule has 1 aromatic carbocycles. The molecule has 4 rings (SSSR count). The minimum atomic E-state index is -3.54. The highest BCUT2D eigenvalue weighted by atomic mass is 32.2. The van der Waals surface area contributed by atoms with Gasteiger partial charge in [0.15, 0.2) is 11.6 Å². The number of aromatic hydroxyl groups is 1. The van der Waals surface area contributed by atoms with Crippen LogP contribution in [0.2, 0.25) is 0 Å². The lowest BCUT2D eigenvalue weighted by atomic mass is 9.61. The molecule has 11 nitrogen and oxygen atoms in total. The Bertz CT molecular complexity index is 1530. The molecule has 0 heterocycles. The number of carbonyl (C=O) groups is 3. The third-order valence-electron chi connectivity index (χ3n) is 7.55. The number of benzene rings is 1. The number of amides is 1. The molecule has 12 heteroatoms. The molecule has 0 bridgehead atoms. The molecule has 0 saturated heterocycles. The van der Waals surface area contributed by atoms with E-state index in [0.29, 0.717) is 17.7 Å². The number of Topliss-reactive ketones (excluding diaryl/α,β-unsaturated/α-hetero) is 2. The number of nitrogens with two attached hydrogens (primary N) is 1. The Kier molecular flexibility index (Phi) is 7.27. The molecule has 0 spiro atoms. The average Bonchev–Trinajstić information content (AvgIpc) is 2.81. The molecule has 3 aliphatic rings. The first-order valence-corrected chi connectivity index (χ1v) is 14.0. The van der Waals surface area contributed by atoms with Crippen molar-refractivity contribution in [2.75, 3.05) is 25.5 Å². The van der Waals surface area contributed by atoms with Gasteiger partial charge in [0.05, 0.1) is 28.8 Å². The van der Waals surface area contributed by atoms with Crippen LogP contribution in [-0.4, -0.2) is 67.1 Å². The number of nitrogens with one attached hydrogen (secondary N) is 1. The Morgan fingerprint density at radius 1 is 1.21 bits per heavy atom. The number of phenols is 1. The van der Waals surface area contributed by atoms with Crippen molar-refractivity contribution < 1.29 is 38.1 Å². The number of rotatable bonds is 5. The minimum absolute atomic E-state index is 0.00304. The Morgan fingerprint density at radius 3 is 2.46 bits per heavy atom. The van der Waals surface area contributed by atoms with Gasteiger partial charge in [-0.3, -0.25) is 14.4 Å². The van der Waals surface area contributed by atoms with Crippen LogP contribution in [0.5, 0.6) is 5.75 Å². The predicted octanol–water partition coefficient (Wildman–Crippen LogP) is 1.05. The lowest BCUT2D eigenvalue weighted by Gasteiger charge is -2.41. The summed E-state index contributed by atoms with van der Waals surface area (Å²) in [5.41, 5.74) is 6.04. The quantitative estimate of drug-likeness (QED) is 0.260. The van der Waals surface area contributed by atoms with Gasteiger partial charge >= 0.3 is 0 Å². The van der Waals surface area contributed by atoms with Gasteiger partial charge in [0, 0.05) is 31.8 Å². The number of carbonyl (C=O) groups excluding carboxylic acids is 3. The van der Waals surface area contributed by atoms with E-state index in [0.717, 1.165) is 0 Å². The van der Waals surface area contributed by atoms with Crippen molar-refractivity contribution in [2.45, 2.75) is 38.4 Å². The van der Waals surface area contributed by atoms with Gasteiger partial charge in [-0.1, -0.05) is 11.8 Å². The highest BCUT2D eigenvalue weighted by molar-refractivity contribution is 7.90. The third-order valence-corrected chi connectivity index (χ3v) is 9.34. The highest BCUT2D eigenvalue weighted by Gasteiger charge is 2.51. The molecular weight excluding hydrogens is 526 g/mol. The van der Waals surface area contributed by atoms with Gasteiger partial charge in [-0.15, -0.1) is 0 Å². The number of allylic oxidation sites excluding steroid dienone is 2. The first kappa shape index (κ1) is 28.2. The Hall–Kier alpha value is -3.82. The van der Waals surface area contributed by atoms with Crippen LogP contribution in [0.4, 0.5) is 5.69 Å². The van der Waals surface area contributed by atoms with Gasteiger partial charge < -0.3 is 26.0 Å². The van der Waals surface area contributed by atoms with Crippen LogP contribution in [0, 0.1) is 29.6 Å². The van der Waals surface area contributed by atoms with Crippen molar-refractivity contribution >= 4 is 38.9 Å². The van der Waals surface area contributed by atoms with Crippen LogP contribution in [-0.2, 0) is 30.8 Å². The Morgan fingerprint density at radius 2 is 1.87 bits per heavy atom. The van der Waals surface area contributed by atoms with Crippen LogP contribution in [0.15, 0.2) is 23.0 Å². The zero-order chi connectivity index (χ0) is 29.0. The maximum absolute atomic E-state index is 13.6. The molecule has 0 aliphatic heterocycles. The predicted molar refractivity (Wildman–Crippen MR) is 143 cm³/mol. The minimum Gasteiger partial charge on any atom is -0.511 e. The van der Waals surface area contributed by atoms with Gasteiger partial charge in [-0.05, 0) is 50.2 Å². The highest BCUT2D eigenvalue weighted by Crippen LogP contribution is 2.52. The van der Waals surface area contributed by atoms with E-state index in [4.69, 9.17) is 5.73 Å². The van der Waals surface area contributed by atoms with E-state index in [9.17, 15) is 38.1 Å². The Labute approximate surface area is 226 Å². The number of anilines is 1. The number of nitrogens with zero attached hydrogens (tertiary/aromatic N) is 1. The summed E-state index contributed by atoms with van der Waals surface area (Å²) in [6, 6.07) is 1.63. The third kappa shape index (κ3) is 4.77. The van der Waals surface area contributed by atoms with Gasteiger partial charge in [0.2, 0.25) is 10.0 Å².